The Morgan fingerprint density at radius 2 is 2.00 bits per heavy atom. The van der Waals surface area contributed by atoms with E-state index in [9.17, 15) is 4.79 Å². The zero-order chi connectivity index (χ0) is 10.3. The number of carbonyl (C=O) groups is 1. The Morgan fingerprint density at radius 3 is 2.31 bits per heavy atom. The van der Waals surface area contributed by atoms with Crippen molar-refractivity contribution in [3.05, 3.63) is 0 Å². The van der Waals surface area contributed by atoms with Crippen LogP contribution in [0.5, 0.6) is 0 Å². The van der Waals surface area contributed by atoms with E-state index in [1.165, 1.54) is 0 Å². The van der Waals surface area contributed by atoms with Crippen LogP contribution in [-0.4, -0.2) is 17.9 Å². The molecular weight excluding hydrogens is 168 g/mol. The van der Waals surface area contributed by atoms with Gasteiger partial charge in [-0.25, -0.2) is 4.79 Å². The molecule has 13 heavy (non-hydrogen) atoms. The molecule has 1 aliphatic heterocycles. The SMILES string of the molecule is CC[C@H]1OC(=O)O[C@@]1(C)C(C)(C)C. The molecule has 0 bridgehead atoms. The number of rotatable bonds is 1. The molecule has 2 atom stereocenters. The highest BCUT2D eigenvalue weighted by Gasteiger charge is 2.54. The molecule has 0 aromatic carbocycles. The van der Waals surface area contributed by atoms with Crippen molar-refractivity contribution in [3.63, 3.8) is 0 Å². The Kier molecular flexibility index (Phi) is 2.30. The summed E-state index contributed by atoms with van der Waals surface area (Å²) in [6, 6.07) is 0. The lowest BCUT2D eigenvalue weighted by atomic mass is 9.73. The first kappa shape index (κ1) is 10.4. The first-order valence-corrected chi connectivity index (χ1v) is 4.71. The Bertz CT molecular complexity index is 217. The maximum absolute atomic E-state index is 11.0. The Hall–Kier alpha value is -0.730. The van der Waals surface area contributed by atoms with Gasteiger partial charge in [0.1, 0.15) is 6.10 Å². The average molecular weight is 186 g/mol. The van der Waals surface area contributed by atoms with Gasteiger partial charge in [0.15, 0.2) is 5.60 Å². The van der Waals surface area contributed by atoms with Gasteiger partial charge < -0.3 is 9.47 Å². The fourth-order valence-corrected chi connectivity index (χ4v) is 1.60. The highest BCUT2D eigenvalue weighted by atomic mass is 16.8. The quantitative estimate of drug-likeness (QED) is 0.591. The molecule has 1 saturated heterocycles. The number of ether oxygens (including phenoxy) is 2. The first-order chi connectivity index (χ1) is 5.81. The van der Waals surface area contributed by atoms with Crippen molar-refractivity contribution in [2.75, 3.05) is 0 Å². The van der Waals surface area contributed by atoms with Gasteiger partial charge in [0.25, 0.3) is 0 Å². The van der Waals surface area contributed by atoms with E-state index in [0.29, 0.717) is 0 Å². The number of cyclic esters (lactones) is 2. The van der Waals surface area contributed by atoms with Gasteiger partial charge in [-0.15, -0.1) is 0 Å². The average Bonchev–Trinajstić information content (AvgIpc) is 2.25. The van der Waals surface area contributed by atoms with Crippen molar-refractivity contribution in [1.29, 1.82) is 0 Å². The summed E-state index contributed by atoms with van der Waals surface area (Å²) in [4.78, 5) is 11.0. The van der Waals surface area contributed by atoms with Crippen LogP contribution in [0.2, 0.25) is 0 Å². The van der Waals surface area contributed by atoms with E-state index in [-0.39, 0.29) is 11.5 Å². The summed E-state index contributed by atoms with van der Waals surface area (Å²) in [6.45, 7) is 10.1. The molecule has 3 heteroatoms. The van der Waals surface area contributed by atoms with Crippen molar-refractivity contribution >= 4 is 6.16 Å². The molecule has 76 valence electrons. The second kappa shape index (κ2) is 2.89. The van der Waals surface area contributed by atoms with Crippen LogP contribution in [0.25, 0.3) is 0 Å². The number of carbonyl (C=O) groups excluding carboxylic acids is 1. The van der Waals surface area contributed by atoms with E-state index in [4.69, 9.17) is 9.47 Å². The van der Waals surface area contributed by atoms with E-state index in [2.05, 4.69) is 20.8 Å². The molecule has 0 aromatic heterocycles. The van der Waals surface area contributed by atoms with Gasteiger partial charge in [-0.2, -0.15) is 0 Å². The van der Waals surface area contributed by atoms with Gasteiger partial charge in [-0.1, -0.05) is 27.7 Å². The van der Waals surface area contributed by atoms with Gasteiger partial charge in [-0.05, 0) is 13.3 Å². The summed E-state index contributed by atoms with van der Waals surface area (Å²) in [5.74, 6) is 0. The summed E-state index contributed by atoms with van der Waals surface area (Å²) in [7, 11) is 0. The van der Waals surface area contributed by atoms with E-state index in [1.807, 2.05) is 13.8 Å². The lowest BCUT2D eigenvalue weighted by Gasteiger charge is -2.38. The zero-order valence-electron chi connectivity index (χ0n) is 9.01. The van der Waals surface area contributed by atoms with Crippen LogP contribution in [0.1, 0.15) is 41.0 Å². The Morgan fingerprint density at radius 1 is 1.46 bits per heavy atom. The van der Waals surface area contributed by atoms with Crippen LogP contribution in [-0.2, 0) is 9.47 Å². The minimum absolute atomic E-state index is 0.0974. The third-order valence-corrected chi connectivity index (χ3v) is 3.01. The molecule has 0 radical (unpaired) electrons. The molecule has 0 spiro atoms. The minimum Gasteiger partial charge on any atom is -0.427 e. The molecule has 1 fully saturated rings. The Balaban J connectivity index is 2.94. The maximum atomic E-state index is 11.0. The van der Waals surface area contributed by atoms with Crippen molar-refractivity contribution in [2.24, 2.45) is 5.41 Å². The molecule has 1 heterocycles. The van der Waals surface area contributed by atoms with Gasteiger partial charge in [0.2, 0.25) is 0 Å². The fourth-order valence-electron chi connectivity index (χ4n) is 1.60. The molecule has 0 aliphatic carbocycles. The third kappa shape index (κ3) is 1.52. The number of hydrogen-bond donors (Lipinski definition) is 0. The highest BCUT2D eigenvalue weighted by molar-refractivity contribution is 5.63. The summed E-state index contributed by atoms with van der Waals surface area (Å²) in [5, 5.41) is 0. The van der Waals surface area contributed by atoms with Crippen LogP contribution in [0.15, 0.2) is 0 Å². The van der Waals surface area contributed by atoms with Crippen LogP contribution in [0, 0.1) is 5.41 Å². The van der Waals surface area contributed by atoms with Gasteiger partial charge in [0, 0.05) is 5.41 Å². The van der Waals surface area contributed by atoms with Gasteiger partial charge in [-0.3, -0.25) is 0 Å². The van der Waals surface area contributed by atoms with Gasteiger partial charge >= 0.3 is 6.16 Å². The first-order valence-electron chi connectivity index (χ1n) is 4.71. The number of hydrogen-bond acceptors (Lipinski definition) is 3. The van der Waals surface area contributed by atoms with Crippen molar-refractivity contribution in [1.82, 2.24) is 0 Å². The molecular formula is C10H18O3. The second-order valence-electron chi connectivity index (χ2n) is 4.72. The van der Waals surface area contributed by atoms with Crippen LogP contribution >= 0.6 is 0 Å². The van der Waals surface area contributed by atoms with E-state index >= 15 is 0 Å². The summed E-state index contributed by atoms with van der Waals surface area (Å²) in [6.07, 6.45) is 0.128. The van der Waals surface area contributed by atoms with Crippen molar-refractivity contribution in [3.8, 4) is 0 Å². The van der Waals surface area contributed by atoms with Crippen LogP contribution in [0.3, 0.4) is 0 Å². The summed E-state index contributed by atoms with van der Waals surface area (Å²) < 4.78 is 10.3. The smallest absolute Gasteiger partial charge is 0.427 e. The second-order valence-corrected chi connectivity index (χ2v) is 4.72. The van der Waals surface area contributed by atoms with Crippen LogP contribution in [0.4, 0.5) is 4.79 Å². The normalized spacial score (nSPS) is 34.2. The predicted molar refractivity (Wildman–Crippen MR) is 49.5 cm³/mol. The largest absolute Gasteiger partial charge is 0.509 e. The molecule has 1 rings (SSSR count). The van der Waals surface area contributed by atoms with E-state index in [1.54, 1.807) is 0 Å². The van der Waals surface area contributed by atoms with Crippen molar-refractivity contribution in [2.45, 2.75) is 52.7 Å². The summed E-state index contributed by atoms with van der Waals surface area (Å²) in [5.41, 5.74) is -0.599. The Labute approximate surface area is 79.4 Å². The van der Waals surface area contributed by atoms with E-state index in [0.717, 1.165) is 6.42 Å². The minimum atomic E-state index is -0.538. The van der Waals surface area contributed by atoms with Crippen LogP contribution < -0.4 is 0 Å². The molecule has 0 amide bonds. The molecule has 0 saturated carbocycles. The third-order valence-electron chi connectivity index (χ3n) is 3.01. The lowest BCUT2D eigenvalue weighted by Crippen LogP contribution is -2.47. The summed E-state index contributed by atoms with van der Waals surface area (Å²) >= 11 is 0. The maximum Gasteiger partial charge on any atom is 0.509 e. The lowest BCUT2D eigenvalue weighted by molar-refractivity contribution is -0.0479. The van der Waals surface area contributed by atoms with E-state index < -0.39 is 11.8 Å². The highest BCUT2D eigenvalue weighted by Crippen LogP contribution is 2.42. The predicted octanol–water partition coefficient (Wildman–Crippen LogP) is 2.74. The monoisotopic (exact) mass is 186 g/mol. The standard InChI is InChI=1S/C10H18O3/c1-6-7-10(5,9(2,3)4)13-8(11)12-7/h7H,6H2,1-5H3/t7-,10-/m1/s1. The molecule has 3 nitrogen and oxygen atoms in total. The fraction of sp³-hybridized carbons (Fsp3) is 0.900. The van der Waals surface area contributed by atoms with Gasteiger partial charge in [0.05, 0.1) is 0 Å². The molecule has 0 aromatic rings. The zero-order valence-corrected chi connectivity index (χ0v) is 9.01. The molecule has 1 aliphatic rings. The van der Waals surface area contributed by atoms with Crippen molar-refractivity contribution < 1.29 is 14.3 Å². The molecule has 0 unspecified atom stereocenters. The molecule has 0 N–H and O–H groups in total. The topological polar surface area (TPSA) is 35.5 Å².